The first-order valence-corrected chi connectivity index (χ1v) is 7.14. The number of nitrogens with zero attached hydrogens (tertiary/aromatic N) is 1. The van der Waals surface area contributed by atoms with Crippen molar-refractivity contribution in [2.75, 3.05) is 18.0 Å². The molecule has 0 aromatic heterocycles. The van der Waals surface area contributed by atoms with Crippen molar-refractivity contribution in [3.05, 3.63) is 65.7 Å². The van der Waals surface area contributed by atoms with Crippen LogP contribution in [0, 0.1) is 11.6 Å². The fraction of sp³-hybridized carbons (Fsp3) is 0.294. The van der Waals surface area contributed by atoms with Crippen molar-refractivity contribution >= 4 is 5.69 Å². The molecular weight excluding hydrogens is 270 g/mol. The second-order valence-electron chi connectivity index (χ2n) is 5.60. The molecule has 3 rings (SSSR count). The molecule has 2 unspecified atom stereocenters. The maximum absolute atomic E-state index is 14.0. The summed E-state index contributed by atoms with van der Waals surface area (Å²) < 4.78 is 27.0. The molecule has 2 atom stereocenters. The van der Waals surface area contributed by atoms with Crippen molar-refractivity contribution in [1.82, 2.24) is 0 Å². The Morgan fingerprint density at radius 2 is 1.67 bits per heavy atom. The number of anilines is 1. The summed E-state index contributed by atoms with van der Waals surface area (Å²) in [5, 5.41) is 0. The van der Waals surface area contributed by atoms with Crippen LogP contribution in [-0.2, 0) is 0 Å². The van der Waals surface area contributed by atoms with Crippen LogP contribution >= 0.6 is 0 Å². The summed E-state index contributed by atoms with van der Waals surface area (Å²) in [5.74, 6) is -0.289. The predicted molar refractivity (Wildman–Crippen MR) is 80.3 cm³/mol. The lowest BCUT2D eigenvalue weighted by Gasteiger charge is -2.38. The average molecular weight is 288 g/mol. The first-order valence-electron chi connectivity index (χ1n) is 7.14. The van der Waals surface area contributed by atoms with E-state index in [4.69, 9.17) is 5.73 Å². The Morgan fingerprint density at radius 3 is 2.38 bits per heavy atom. The predicted octanol–water partition coefficient (Wildman–Crippen LogP) is 3.29. The third kappa shape index (κ3) is 3.05. The Balaban J connectivity index is 1.85. The molecular formula is C17H18F2N2. The van der Waals surface area contributed by atoms with Crippen LogP contribution in [0.1, 0.15) is 17.9 Å². The van der Waals surface area contributed by atoms with Gasteiger partial charge < -0.3 is 10.6 Å². The first kappa shape index (κ1) is 14.0. The van der Waals surface area contributed by atoms with Gasteiger partial charge in [-0.15, -0.1) is 0 Å². The maximum atomic E-state index is 14.0. The summed E-state index contributed by atoms with van der Waals surface area (Å²) in [4.78, 5) is 1.98. The number of para-hydroxylation sites is 1. The molecule has 2 nitrogen and oxygen atoms in total. The molecule has 2 N–H and O–H groups in total. The molecule has 21 heavy (non-hydrogen) atoms. The van der Waals surface area contributed by atoms with Gasteiger partial charge in [-0.05, 0) is 36.2 Å². The molecule has 0 radical (unpaired) electrons. The summed E-state index contributed by atoms with van der Waals surface area (Å²) in [6.07, 6.45) is 0.830. The highest BCUT2D eigenvalue weighted by Gasteiger charge is 2.27. The monoisotopic (exact) mass is 288 g/mol. The van der Waals surface area contributed by atoms with Crippen LogP contribution in [-0.4, -0.2) is 19.1 Å². The van der Waals surface area contributed by atoms with Gasteiger partial charge in [0.05, 0.1) is 5.69 Å². The van der Waals surface area contributed by atoms with Crippen molar-refractivity contribution < 1.29 is 8.78 Å². The van der Waals surface area contributed by atoms with Crippen LogP contribution in [0.2, 0.25) is 0 Å². The van der Waals surface area contributed by atoms with E-state index in [9.17, 15) is 8.78 Å². The SMILES string of the molecule is NC1CC(c2ccc(F)cc2)CN(c2ccccc2F)C1. The minimum atomic E-state index is -0.246. The van der Waals surface area contributed by atoms with Crippen LogP contribution in [0.3, 0.4) is 0 Å². The number of rotatable bonds is 2. The molecule has 1 aliphatic heterocycles. The minimum Gasteiger partial charge on any atom is -0.367 e. The minimum absolute atomic E-state index is 0.0200. The first-order chi connectivity index (χ1) is 10.1. The largest absolute Gasteiger partial charge is 0.367 e. The highest BCUT2D eigenvalue weighted by atomic mass is 19.1. The van der Waals surface area contributed by atoms with E-state index in [1.807, 2.05) is 11.0 Å². The summed E-state index contributed by atoms with van der Waals surface area (Å²) in [6.45, 7) is 1.33. The van der Waals surface area contributed by atoms with Crippen molar-refractivity contribution in [3.63, 3.8) is 0 Å². The molecule has 0 saturated carbocycles. The average Bonchev–Trinajstić information content (AvgIpc) is 2.48. The Labute approximate surface area is 123 Å². The number of benzene rings is 2. The van der Waals surface area contributed by atoms with E-state index in [0.717, 1.165) is 12.0 Å². The lowest BCUT2D eigenvalue weighted by Crippen LogP contribution is -2.46. The highest BCUT2D eigenvalue weighted by Crippen LogP contribution is 2.30. The topological polar surface area (TPSA) is 29.3 Å². The van der Waals surface area contributed by atoms with Crippen LogP contribution in [0.15, 0.2) is 48.5 Å². The van der Waals surface area contributed by atoms with Gasteiger partial charge in [0.25, 0.3) is 0 Å². The molecule has 0 bridgehead atoms. The molecule has 2 aromatic carbocycles. The smallest absolute Gasteiger partial charge is 0.146 e. The second kappa shape index (κ2) is 5.82. The van der Waals surface area contributed by atoms with Crippen LogP contribution in [0.25, 0.3) is 0 Å². The number of halogens is 2. The van der Waals surface area contributed by atoms with Crippen LogP contribution in [0.5, 0.6) is 0 Å². The highest BCUT2D eigenvalue weighted by molar-refractivity contribution is 5.49. The summed E-state index contributed by atoms with van der Waals surface area (Å²) in [7, 11) is 0. The van der Waals surface area contributed by atoms with Gasteiger partial charge in [0.15, 0.2) is 0 Å². The lowest BCUT2D eigenvalue weighted by atomic mass is 9.88. The molecule has 110 valence electrons. The van der Waals surface area contributed by atoms with Crippen molar-refractivity contribution in [1.29, 1.82) is 0 Å². The zero-order chi connectivity index (χ0) is 14.8. The van der Waals surface area contributed by atoms with Gasteiger partial charge in [0, 0.05) is 25.0 Å². The molecule has 1 aliphatic rings. The van der Waals surface area contributed by atoms with E-state index in [0.29, 0.717) is 18.8 Å². The quantitative estimate of drug-likeness (QED) is 0.919. The summed E-state index contributed by atoms with van der Waals surface area (Å²) in [5.41, 5.74) is 7.76. The Hall–Kier alpha value is -1.94. The van der Waals surface area contributed by atoms with E-state index < -0.39 is 0 Å². The van der Waals surface area contributed by atoms with Gasteiger partial charge in [-0.2, -0.15) is 0 Å². The van der Waals surface area contributed by atoms with Crippen LogP contribution < -0.4 is 10.6 Å². The Kier molecular flexibility index (Phi) is 3.88. The zero-order valence-electron chi connectivity index (χ0n) is 11.7. The molecule has 1 fully saturated rings. The number of hydrogen-bond donors (Lipinski definition) is 1. The van der Waals surface area contributed by atoms with Gasteiger partial charge in [-0.1, -0.05) is 24.3 Å². The van der Waals surface area contributed by atoms with Gasteiger partial charge in [0.1, 0.15) is 11.6 Å². The van der Waals surface area contributed by atoms with Gasteiger partial charge in [0.2, 0.25) is 0 Å². The molecule has 0 spiro atoms. The third-order valence-electron chi connectivity index (χ3n) is 4.02. The van der Waals surface area contributed by atoms with Crippen LogP contribution in [0.4, 0.5) is 14.5 Å². The second-order valence-corrected chi connectivity index (χ2v) is 5.60. The van der Waals surface area contributed by atoms with E-state index >= 15 is 0 Å². The zero-order valence-corrected chi connectivity index (χ0v) is 11.7. The third-order valence-corrected chi connectivity index (χ3v) is 4.02. The summed E-state index contributed by atoms with van der Waals surface area (Å²) in [6, 6.07) is 13.2. The number of hydrogen-bond acceptors (Lipinski definition) is 2. The maximum Gasteiger partial charge on any atom is 0.146 e. The van der Waals surface area contributed by atoms with Gasteiger partial charge in [-0.25, -0.2) is 8.78 Å². The normalized spacial score (nSPS) is 22.3. The number of nitrogens with two attached hydrogens (primary N) is 1. The van der Waals surface area contributed by atoms with E-state index in [-0.39, 0.29) is 23.6 Å². The van der Waals surface area contributed by atoms with Crippen molar-refractivity contribution in [2.24, 2.45) is 5.73 Å². The van der Waals surface area contributed by atoms with Crippen molar-refractivity contribution in [2.45, 2.75) is 18.4 Å². The fourth-order valence-corrected chi connectivity index (χ4v) is 3.02. The van der Waals surface area contributed by atoms with E-state index in [1.165, 1.54) is 18.2 Å². The van der Waals surface area contributed by atoms with E-state index in [2.05, 4.69) is 0 Å². The molecule has 0 aliphatic carbocycles. The Bertz CT molecular complexity index is 612. The molecule has 2 aromatic rings. The van der Waals surface area contributed by atoms with E-state index in [1.54, 1.807) is 24.3 Å². The van der Waals surface area contributed by atoms with Crippen molar-refractivity contribution in [3.8, 4) is 0 Å². The molecule has 4 heteroatoms. The molecule has 1 saturated heterocycles. The standard InChI is InChI=1S/C17H18F2N2/c18-14-7-5-12(6-8-14)13-9-15(20)11-21(10-13)17-4-2-1-3-16(17)19/h1-8,13,15H,9-11,20H2. The lowest BCUT2D eigenvalue weighted by molar-refractivity contribution is 0.448. The Morgan fingerprint density at radius 1 is 0.952 bits per heavy atom. The number of piperidine rings is 1. The summed E-state index contributed by atoms with van der Waals surface area (Å²) >= 11 is 0. The molecule has 0 amide bonds. The van der Waals surface area contributed by atoms with Gasteiger partial charge in [-0.3, -0.25) is 0 Å². The fourth-order valence-electron chi connectivity index (χ4n) is 3.02. The molecule has 1 heterocycles. The van der Waals surface area contributed by atoms with Gasteiger partial charge >= 0.3 is 0 Å².